The minimum atomic E-state index is -0.341. The Hall–Kier alpha value is -2.12. The maximum atomic E-state index is 12.3. The van der Waals surface area contributed by atoms with Crippen molar-refractivity contribution in [3.63, 3.8) is 0 Å². The van der Waals surface area contributed by atoms with Gasteiger partial charge in [0, 0.05) is 10.6 Å². The van der Waals surface area contributed by atoms with Crippen LogP contribution in [0, 0.1) is 13.8 Å². The lowest BCUT2D eigenvalue weighted by Gasteiger charge is -2.04. The Morgan fingerprint density at radius 1 is 1.32 bits per heavy atom. The summed E-state index contributed by atoms with van der Waals surface area (Å²) in [5.74, 6) is 1.65. The molecule has 0 aliphatic carbocycles. The van der Waals surface area contributed by atoms with Crippen molar-refractivity contribution in [1.29, 1.82) is 0 Å². The average molecular weight is 374 g/mol. The third kappa shape index (κ3) is 3.77. The van der Waals surface area contributed by atoms with Crippen LogP contribution < -0.4 is 5.56 Å². The number of ether oxygens (including phenoxy) is 1. The van der Waals surface area contributed by atoms with Crippen molar-refractivity contribution >= 4 is 39.3 Å². The number of esters is 1. The molecule has 2 heterocycles. The lowest BCUT2D eigenvalue weighted by molar-refractivity contribution is 0.0600. The van der Waals surface area contributed by atoms with Crippen LogP contribution in [0.15, 0.2) is 29.1 Å². The Kier molecular flexibility index (Phi) is 5.24. The Morgan fingerprint density at radius 2 is 2.12 bits per heavy atom. The molecule has 25 heavy (non-hydrogen) atoms. The van der Waals surface area contributed by atoms with E-state index in [9.17, 15) is 9.59 Å². The molecule has 0 radical (unpaired) electrons. The molecule has 0 aliphatic rings. The van der Waals surface area contributed by atoms with E-state index in [0.29, 0.717) is 22.5 Å². The first-order chi connectivity index (χ1) is 12.0. The number of fused-ring (bicyclic) bond motifs is 1. The second-order valence-electron chi connectivity index (χ2n) is 5.66. The molecule has 0 atom stereocenters. The fourth-order valence-corrected chi connectivity index (χ4v) is 4.44. The summed E-state index contributed by atoms with van der Waals surface area (Å²) in [6.45, 7) is 3.96. The number of aromatic amines is 1. The smallest absolute Gasteiger partial charge is 0.337 e. The number of H-pyrrole nitrogens is 1. The van der Waals surface area contributed by atoms with Gasteiger partial charge in [-0.15, -0.1) is 23.1 Å². The second kappa shape index (κ2) is 7.41. The van der Waals surface area contributed by atoms with Crippen LogP contribution in [0.5, 0.6) is 0 Å². The van der Waals surface area contributed by atoms with Crippen molar-refractivity contribution in [3.8, 4) is 0 Å². The minimum Gasteiger partial charge on any atom is -0.465 e. The topological polar surface area (TPSA) is 72.0 Å². The number of thiophene rings is 1. The van der Waals surface area contributed by atoms with Gasteiger partial charge in [-0.05, 0) is 37.1 Å². The number of carbonyl (C=O) groups is 1. The highest BCUT2D eigenvalue weighted by atomic mass is 32.2. The summed E-state index contributed by atoms with van der Waals surface area (Å²) in [6, 6.07) is 7.36. The van der Waals surface area contributed by atoms with Crippen LogP contribution in [-0.4, -0.2) is 23.0 Å². The van der Waals surface area contributed by atoms with Gasteiger partial charge in [-0.1, -0.05) is 12.1 Å². The van der Waals surface area contributed by atoms with E-state index < -0.39 is 0 Å². The number of nitrogens with one attached hydrogen (secondary N) is 1. The van der Waals surface area contributed by atoms with E-state index in [0.717, 1.165) is 26.6 Å². The molecule has 0 unspecified atom stereocenters. The largest absolute Gasteiger partial charge is 0.465 e. The summed E-state index contributed by atoms with van der Waals surface area (Å²) in [7, 11) is 1.37. The molecule has 0 saturated heterocycles. The molecule has 3 aromatic rings. The van der Waals surface area contributed by atoms with Gasteiger partial charge in [0.05, 0.1) is 23.8 Å². The van der Waals surface area contributed by atoms with E-state index >= 15 is 0 Å². The van der Waals surface area contributed by atoms with Gasteiger partial charge in [0.25, 0.3) is 5.56 Å². The summed E-state index contributed by atoms with van der Waals surface area (Å²) in [5.41, 5.74) is 2.50. The average Bonchev–Trinajstić information content (AvgIpc) is 2.89. The van der Waals surface area contributed by atoms with Gasteiger partial charge >= 0.3 is 5.97 Å². The number of carbonyl (C=O) groups excluding carboxylic acids is 1. The molecule has 1 aromatic carbocycles. The number of methoxy groups -OCH3 is 1. The fourth-order valence-electron chi connectivity index (χ4n) is 2.54. The predicted molar refractivity (Wildman–Crippen MR) is 102 cm³/mol. The monoisotopic (exact) mass is 374 g/mol. The molecular formula is C18H18N2O3S2. The number of aryl methyl sites for hydroxylation is 2. The predicted octanol–water partition coefficient (Wildman–Crippen LogP) is 3.82. The van der Waals surface area contributed by atoms with Gasteiger partial charge in [0.15, 0.2) is 0 Å². The number of benzene rings is 1. The first-order valence-corrected chi connectivity index (χ1v) is 9.70. The van der Waals surface area contributed by atoms with Crippen LogP contribution in [0.2, 0.25) is 0 Å². The minimum absolute atomic E-state index is 0.0739. The van der Waals surface area contributed by atoms with E-state index in [-0.39, 0.29) is 11.5 Å². The number of thioether (sulfide) groups is 1. The highest BCUT2D eigenvalue weighted by molar-refractivity contribution is 7.97. The molecule has 0 fully saturated rings. The second-order valence-corrected chi connectivity index (χ2v) is 7.85. The zero-order chi connectivity index (χ0) is 18.0. The van der Waals surface area contributed by atoms with Crippen molar-refractivity contribution in [1.82, 2.24) is 9.97 Å². The van der Waals surface area contributed by atoms with E-state index in [1.54, 1.807) is 29.2 Å². The zero-order valence-corrected chi connectivity index (χ0v) is 15.8. The molecular weight excluding hydrogens is 356 g/mol. The maximum Gasteiger partial charge on any atom is 0.337 e. The number of nitrogens with zero attached hydrogens (tertiary/aromatic N) is 1. The molecule has 3 rings (SSSR count). The van der Waals surface area contributed by atoms with Crippen LogP contribution in [0.3, 0.4) is 0 Å². The molecule has 0 amide bonds. The van der Waals surface area contributed by atoms with Gasteiger partial charge in [-0.3, -0.25) is 4.79 Å². The number of rotatable bonds is 5. The van der Waals surface area contributed by atoms with Crippen LogP contribution in [0.4, 0.5) is 0 Å². The molecule has 0 spiro atoms. The standard InChI is InChI=1S/C18H18N2O3S2/c1-10-11(2)25-17-15(10)16(21)19-14(20-17)9-24-8-12-5-4-6-13(7-12)18(22)23-3/h4-7H,8-9H2,1-3H3,(H,19,20,21). The highest BCUT2D eigenvalue weighted by Crippen LogP contribution is 2.26. The Bertz CT molecular complexity index is 992. The first-order valence-electron chi connectivity index (χ1n) is 7.73. The Labute approximate surface area is 153 Å². The first kappa shape index (κ1) is 17.7. The molecule has 2 aromatic heterocycles. The zero-order valence-electron chi connectivity index (χ0n) is 14.2. The fraction of sp³-hybridized carbons (Fsp3) is 0.278. The van der Waals surface area contributed by atoms with Gasteiger partial charge in [0.2, 0.25) is 0 Å². The van der Waals surface area contributed by atoms with E-state index in [2.05, 4.69) is 9.97 Å². The molecule has 5 nitrogen and oxygen atoms in total. The lowest BCUT2D eigenvalue weighted by Crippen LogP contribution is -2.10. The normalized spacial score (nSPS) is 11.0. The van der Waals surface area contributed by atoms with Gasteiger partial charge in [-0.25, -0.2) is 9.78 Å². The quantitative estimate of drug-likeness (QED) is 0.687. The van der Waals surface area contributed by atoms with Crippen molar-refractivity contribution < 1.29 is 9.53 Å². The number of aromatic nitrogens is 2. The molecule has 7 heteroatoms. The summed E-state index contributed by atoms with van der Waals surface area (Å²) < 4.78 is 4.74. The van der Waals surface area contributed by atoms with Crippen LogP contribution in [-0.2, 0) is 16.2 Å². The van der Waals surface area contributed by atoms with Gasteiger partial charge < -0.3 is 9.72 Å². The summed E-state index contributed by atoms with van der Waals surface area (Å²) in [4.78, 5) is 33.2. The van der Waals surface area contributed by atoms with Crippen molar-refractivity contribution in [2.24, 2.45) is 0 Å². The van der Waals surface area contributed by atoms with Gasteiger partial charge in [-0.2, -0.15) is 0 Å². The summed E-state index contributed by atoms with van der Waals surface area (Å²) >= 11 is 3.19. The van der Waals surface area contributed by atoms with Crippen LogP contribution >= 0.6 is 23.1 Å². The Balaban J connectivity index is 1.71. The lowest BCUT2D eigenvalue weighted by atomic mass is 10.1. The summed E-state index contributed by atoms with van der Waals surface area (Å²) in [6.07, 6.45) is 0. The van der Waals surface area contributed by atoms with Crippen molar-refractivity contribution in [3.05, 3.63) is 62.0 Å². The summed E-state index contributed by atoms with van der Waals surface area (Å²) in [5, 5.41) is 0.696. The number of hydrogen-bond donors (Lipinski definition) is 1. The molecule has 0 bridgehead atoms. The highest BCUT2D eigenvalue weighted by Gasteiger charge is 2.12. The van der Waals surface area contributed by atoms with Crippen molar-refractivity contribution in [2.75, 3.05) is 7.11 Å². The third-order valence-corrected chi connectivity index (χ3v) is 6.06. The van der Waals surface area contributed by atoms with Gasteiger partial charge in [0.1, 0.15) is 10.7 Å². The number of hydrogen-bond acceptors (Lipinski definition) is 6. The maximum absolute atomic E-state index is 12.3. The van der Waals surface area contributed by atoms with E-state index in [1.165, 1.54) is 7.11 Å². The van der Waals surface area contributed by atoms with E-state index in [1.807, 2.05) is 32.0 Å². The van der Waals surface area contributed by atoms with Crippen molar-refractivity contribution in [2.45, 2.75) is 25.4 Å². The molecule has 0 saturated carbocycles. The van der Waals surface area contributed by atoms with Crippen LogP contribution in [0.25, 0.3) is 10.2 Å². The van der Waals surface area contributed by atoms with Crippen LogP contribution in [0.1, 0.15) is 32.2 Å². The van der Waals surface area contributed by atoms with E-state index in [4.69, 9.17) is 4.74 Å². The molecule has 0 aliphatic heterocycles. The SMILES string of the molecule is COC(=O)c1cccc(CSCc2nc3sc(C)c(C)c3c(=O)[nH]2)c1. The molecule has 1 N–H and O–H groups in total. The Morgan fingerprint density at radius 3 is 2.88 bits per heavy atom. The molecule has 130 valence electrons. The third-order valence-electron chi connectivity index (χ3n) is 3.94.